The Morgan fingerprint density at radius 3 is 1.46 bits per heavy atom. The van der Waals surface area contributed by atoms with Gasteiger partial charge in [0, 0.05) is 180 Å². The molecule has 560 valence electrons. The fraction of sp³-hybridized carbons (Fsp3) is 0.392. The molecule has 29 heteroatoms. The van der Waals surface area contributed by atoms with Crippen LogP contribution in [0.15, 0.2) is 147 Å². The van der Waals surface area contributed by atoms with Gasteiger partial charge in [0.2, 0.25) is 0 Å². The quantitative estimate of drug-likeness (QED) is 0.121. The Kier molecular flexibility index (Phi) is 20.4. The SMILES string of the molecule is CN1CCN2CCC(CC2)Oc2ccc(F)c(c2)-c2cnn3ccc1nc23.CN1CCN2CCNc3ccn4ncc(c4n3)-c3cc(ccc3F)OC[C@H]2C1.Fc1ccc2cc1-c1cnn3ccc(nc13)CCCN1CCC[C@H]1CO2.Fc1ccc2cc1-c1cnn3ccc(nc13)NCCN1CCNC[C@@H]1CO2. The first-order valence-corrected chi connectivity index (χ1v) is 37.5. The molecule has 9 aliphatic heterocycles. The van der Waals surface area contributed by atoms with Crippen LogP contribution >= 0.6 is 0 Å². The predicted molar refractivity (Wildman–Crippen MR) is 404 cm³/mol. The summed E-state index contributed by atoms with van der Waals surface area (Å²) in [6.45, 7) is 17.1. The van der Waals surface area contributed by atoms with E-state index in [2.05, 4.69) is 82.8 Å². The van der Waals surface area contributed by atoms with Crippen molar-refractivity contribution in [3.8, 4) is 67.5 Å². The summed E-state index contributed by atoms with van der Waals surface area (Å²) >= 11 is 0. The molecule has 9 aliphatic rings. The summed E-state index contributed by atoms with van der Waals surface area (Å²) in [5.74, 6) is 3.91. The van der Waals surface area contributed by atoms with Gasteiger partial charge >= 0.3 is 0 Å². The number of likely N-dealkylation sites (N-methyl/N-ethyl adjacent to an activating group) is 2. The lowest BCUT2D eigenvalue weighted by atomic mass is 10.1. The molecule has 18 bridgehead atoms. The van der Waals surface area contributed by atoms with Crippen molar-refractivity contribution in [3.05, 3.63) is 176 Å². The average molecular weight is 1470 g/mol. The van der Waals surface area contributed by atoms with Crippen LogP contribution in [-0.4, -0.2) is 246 Å². The number of benzene rings is 4. The Balaban J connectivity index is 0.000000105. The van der Waals surface area contributed by atoms with E-state index in [9.17, 15) is 17.6 Å². The maximum absolute atomic E-state index is 14.6. The summed E-state index contributed by atoms with van der Waals surface area (Å²) in [7, 11) is 4.18. The maximum atomic E-state index is 14.6. The first kappa shape index (κ1) is 70.4. The zero-order chi connectivity index (χ0) is 73.2. The van der Waals surface area contributed by atoms with E-state index in [0.29, 0.717) is 122 Å². The van der Waals surface area contributed by atoms with Gasteiger partial charge in [-0.15, -0.1) is 0 Å². The molecule has 25 nitrogen and oxygen atoms in total. The Morgan fingerprint density at radius 2 is 0.880 bits per heavy atom. The van der Waals surface area contributed by atoms with Gasteiger partial charge in [-0.25, -0.2) is 55.6 Å². The van der Waals surface area contributed by atoms with Gasteiger partial charge in [0.25, 0.3) is 0 Å². The predicted octanol–water partition coefficient (Wildman–Crippen LogP) is 9.72. The van der Waals surface area contributed by atoms with Gasteiger partial charge in [0.15, 0.2) is 22.6 Å². The third kappa shape index (κ3) is 15.4. The standard InChI is InChI=1S/C20H23FN6O.C20H22FN5O.C20H21FN4O.C19H21FN6O/c1-25-8-9-26-7-5-22-19-4-6-27-20(24-19)17(11-23-27)16-10-15(2-3-18(16)21)28-13-14(26)12-25;1-24-10-11-25-7-4-14(5-8-25)27-15-2-3-18(21)16(12-15)17-13-22-26-9-6-19(24)23-20(17)26;21-19-6-5-16-11-17(19)18-12-22-25-10-7-14(23-20(18)25)3-1-8-24-9-2-4-15(24)13-26-16;20-17-2-1-14-9-15(17)16-11-23-26-6-3-18(24-19(16)26)22-5-8-25-7-4-21-10-13(25)12-27-14/h2-4,6,10-11,14H,5,7-9,12-13H2,1H3,(H,22,24);2-3,6,9,12-14H,4-5,7-8,10-11H2,1H3;5-7,10-12,15H,1-4,8-9,13H2;1-3,6,9,11,13,21H,4-5,7-8,10,12H2,(H,22,24)/t14-;;15-;13-/m1.01/s1. The van der Waals surface area contributed by atoms with Gasteiger partial charge in [-0.3, -0.25) is 14.7 Å². The fourth-order valence-electron chi connectivity index (χ4n) is 15.7. The first-order chi connectivity index (χ1) is 52.9. The van der Waals surface area contributed by atoms with Gasteiger partial charge in [0.05, 0.1) is 36.9 Å². The number of aryl methyl sites for hydroxylation is 1. The number of hydrogen-bond acceptors (Lipinski definition) is 21. The summed E-state index contributed by atoms with van der Waals surface area (Å²) in [5.41, 5.74) is 8.15. The van der Waals surface area contributed by atoms with Crippen molar-refractivity contribution in [2.45, 2.75) is 62.8 Å². The summed E-state index contributed by atoms with van der Waals surface area (Å²) in [4.78, 5) is 33.2. The summed E-state index contributed by atoms with van der Waals surface area (Å²) < 4.78 is 89.4. The number of ether oxygens (including phenoxy) is 4. The minimum Gasteiger partial charge on any atom is -0.492 e. The van der Waals surface area contributed by atoms with E-state index in [-0.39, 0.29) is 35.4 Å². The second kappa shape index (κ2) is 31.3. The van der Waals surface area contributed by atoms with E-state index < -0.39 is 0 Å². The van der Waals surface area contributed by atoms with Crippen LogP contribution < -0.4 is 39.8 Å². The van der Waals surface area contributed by atoms with Crippen LogP contribution in [0.1, 0.15) is 37.8 Å². The van der Waals surface area contributed by atoms with E-state index in [1.54, 1.807) is 91.4 Å². The van der Waals surface area contributed by atoms with Gasteiger partial charge < -0.3 is 49.6 Å². The number of aromatic nitrogens is 12. The zero-order valence-electron chi connectivity index (χ0n) is 60.5. The summed E-state index contributed by atoms with van der Waals surface area (Å²) in [5, 5.41) is 27.5. The Morgan fingerprint density at radius 1 is 0.407 bits per heavy atom. The highest BCUT2D eigenvalue weighted by Crippen LogP contribution is 2.37. The molecule has 21 rings (SSSR count). The molecule has 17 heterocycles. The molecule has 0 radical (unpaired) electrons. The van der Waals surface area contributed by atoms with Crippen molar-refractivity contribution in [1.29, 1.82) is 0 Å². The number of rotatable bonds is 0. The molecular weight excluding hydrogens is 1380 g/mol. The molecule has 4 aromatic carbocycles. The number of nitrogens with one attached hydrogen (secondary N) is 3. The van der Waals surface area contributed by atoms with Crippen molar-refractivity contribution >= 4 is 40.0 Å². The normalized spacial score (nSPS) is 21.2. The molecule has 0 unspecified atom stereocenters. The molecule has 12 aromatic rings. The highest BCUT2D eigenvalue weighted by atomic mass is 19.1. The van der Waals surface area contributed by atoms with Crippen LogP contribution in [-0.2, 0) is 6.42 Å². The number of piperidine rings is 1. The van der Waals surface area contributed by atoms with Gasteiger partial charge in [-0.05, 0) is 156 Å². The lowest BCUT2D eigenvalue weighted by Gasteiger charge is -2.39. The second-order valence-electron chi connectivity index (χ2n) is 28.9. The molecule has 4 fully saturated rings. The van der Waals surface area contributed by atoms with Crippen LogP contribution in [0.25, 0.3) is 67.1 Å². The van der Waals surface area contributed by atoms with E-state index in [1.807, 2.05) is 56.1 Å². The Hall–Kier alpha value is -10.6. The molecule has 0 aliphatic carbocycles. The molecule has 108 heavy (non-hydrogen) atoms. The molecular formula is C79H87F4N21O4. The number of anilines is 3. The number of fused-ring (bicyclic) bond motifs is 19. The lowest BCUT2D eigenvalue weighted by Crippen LogP contribution is -2.55. The van der Waals surface area contributed by atoms with E-state index in [0.717, 1.165) is 160 Å². The minimum absolute atomic E-state index is 0.175. The molecule has 4 saturated heterocycles. The van der Waals surface area contributed by atoms with Crippen molar-refractivity contribution in [2.75, 3.05) is 154 Å². The zero-order valence-corrected chi connectivity index (χ0v) is 60.5. The number of piperazine rings is 2. The highest BCUT2D eigenvalue weighted by molar-refractivity contribution is 5.82. The van der Waals surface area contributed by atoms with Crippen LogP contribution in [0.3, 0.4) is 0 Å². The van der Waals surface area contributed by atoms with Crippen molar-refractivity contribution in [2.24, 2.45) is 0 Å². The molecule has 0 spiro atoms. The summed E-state index contributed by atoms with van der Waals surface area (Å²) in [6, 6.07) is 28.4. The summed E-state index contributed by atoms with van der Waals surface area (Å²) in [6.07, 6.45) is 20.6. The largest absolute Gasteiger partial charge is 0.492 e. The molecule has 8 aromatic heterocycles. The van der Waals surface area contributed by atoms with Gasteiger partial charge in [-0.1, -0.05) is 0 Å². The third-order valence-electron chi connectivity index (χ3n) is 21.8. The lowest BCUT2D eigenvalue weighted by molar-refractivity contribution is 0.0612. The second-order valence-corrected chi connectivity index (χ2v) is 28.9. The van der Waals surface area contributed by atoms with Gasteiger partial charge in [0.1, 0.15) is 89.6 Å². The smallest absolute Gasteiger partial charge is 0.165 e. The van der Waals surface area contributed by atoms with Crippen molar-refractivity contribution < 1.29 is 36.5 Å². The number of hydrogen-bond donors (Lipinski definition) is 3. The topological polar surface area (TPSA) is 213 Å². The maximum Gasteiger partial charge on any atom is 0.165 e. The van der Waals surface area contributed by atoms with E-state index >= 15 is 0 Å². The fourth-order valence-corrected chi connectivity index (χ4v) is 15.7. The Labute approximate surface area is 622 Å². The van der Waals surface area contributed by atoms with Gasteiger partial charge in [-0.2, -0.15) is 20.4 Å². The molecule has 3 N–H and O–H groups in total. The minimum atomic E-state index is -0.314. The van der Waals surface area contributed by atoms with Crippen LogP contribution in [0, 0.1) is 23.3 Å². The van der Waals surface area contributed by atoms with E-state index in [4.69, 9.17) is 28.9 Å². The van der Waals surface area contributed by atoms with Crippen LogP contribution in [0.4, 0.5) is 35.0 Å². The molecule has 0 amide bonds. The highest BCUT2D eigenvalue weighted by Gasteiger charge is 2.30. The van der Waals surface area contributed by atoms with Crippen LogP contribution in [0.2, 0.25) is 0 Å². The number of nitrogens with zero attached hydrogens (tertiary/aromatic N) is 18. The average Bonchev–Trinajstić information content (AvgIpc) is 1.63. The third-order valence-corrected chi connectivity index (χ3v) is 21.8. The molecule has 3 atom stereocenters. The monoisotopic (exact) mass is 1470 g/mol. The first-order valence-electron chi connectivity index (χ1n) is 37.5. The van der Waals surface area contributed by atoms with E-state index in [1.165, 1.54) is 30.7 Å². The molecule has 0 saturated carbocycles. The van der Waals surface area contributed by atoms with Crippen molar-refractivity contribution in [1.82, 2.24) is 88.2 Å². The van der Waals surface area contributed by atoms with Crippen molar-refractivity contribution in [3.63, 3.8) is 0 Å². The van der Waals surface area contributed by atoms with Crippen LogP contribution in [0.5, 0.6) is 23.0 Å². The number of halogens is 4. The Bertz CT molecular complexity index is 5180.